The van der Waals surface area contributed by atoms with Crippen LogP contribution in [-0.2, 0) is 17.9 Å². The van der Waals surface area contributed by atoms with Crippen molar-refractivity contribution in [2.75, 3.05) is 0 Å². The van der Waals surface area contributed by atoms with Gasteiger partial charge in [-0.05, 0) is 23.6 Å². The molecule has 0 spiro atoms. The number of rotatable bonds is 5. The van der Waals surface area contributed by atoms with Gasteiger partial charge in [-0.25, -0.2) is 0 Å². The molecule has 21 heavy (non-hydrogen) atoms. The zero-order valence-electron chi connectivity index (χ0n) is 11.3. The van der Waals surface area contributed by atoms with Crippen LogP contribution in [-0.4, -0.2) is 36.3 Å². The molecule has 0 aromatic carbocycles. The van der Waals surface area contributed by atoms with Crippen molar-refractivity contribution in [3.05, 3.63) is 34.3 Å². The van der Waals surface area contributed by atoms with Crippen molar-refractivity contribution in [1.29, 1.82) is 0 Å². The van der Waals surface area contributed by atoms with E-state index < -0.39 is 0 Å². The minimum Gasteiger partial charge on any atom is -0.350 e. The van der Waals surface area contributed by atoms with Crippen LogP contribution in [0.25, 0.3) is 11.4 Å². The highest BCUT2D eigenvalue weighted by atomic mass is 32.1. The SMILES string of the molecule is Cc1[nH]ncc1CNC(=O)Cn1nnc(-c2ccsc2)n1. The van der Waals surface area contributed by atoms with Crippen LogP contribution in [0.1, 0.15) is 11.3 Å². The molecule has 0 radical (unpaired) electrons. The number of aromatic nitrogens is 6. The van der Waals surface area contributed by atoms with Crippen molar-refractivity contribution in [2.24, 2.45) is 0 Å². The molecule has 0 unspecified atom stereocenters. The summed E-state index contributed by atoms with van der Waals surface area (Å²) in [6.07, 6.45) is 1.69. The predicted molar refractivity (Wildman–Crippen MR) is 76.3 cm³/mol. The average molecular weight is 303 g/mol. The molecule has 0 aliphatic carbocycles. The van der Waals surface area contributed by atoms with E-state index in [-0.39, 0.29) is 12.5 Å². The highest BCUT2D eigenvalue weighted by Crippen LogP contribution is 2.16. The van der Waals surface area contributed by atoms with E-state index in [1.807, 2.05) is 23.8 Å². The lowest BCUT2D eigenvalue weighted by atomic mass is 10.2. The summed E-state index contributed by atoms with van der Waals surface area (Å²) < 4.78 is 0. The Labute approximate surface area is 124 Å². The van der Waals surface area contributed by atoms with E-state index in [1.54, 1.807) is 17.5 Å². The molecule has 108 valence electrons. The van der Waals surface area contributed by atoms with Gasteiger partial charge in [0.1, 0.15) is 6.54 Å². The number of thiophene rings is 1. The van der Waals surface area contributed by atoms with E-state index in [4.69, 9.17) is 0 Å². The van der Waals surface area contributed by atoms with E-state index in [1.165, 1.54) is 4.80 Å². The van der Waals surface area contributed by atoms with Gasteiger partial charge in [0, 0.05) is 28.7 Å². The Hall–Kier alpha value is -2.55. The van der Waals surface area contributed by atoms with Gasteiger partial charge in [0.15, 0.2) is 0 Å². The molecule has 3 aromatic heterocycles. The Morgan fingerprint density at radius 1 is 1.52 bits per heavy atom. The predicted octanol–water partition coefficient (Wildman–Crippen LogP) is 0.750. The van der Waals surface area contributed by atoms with Gasteiger partial charge in [-0.1, -0.05) is 0 Å². The summed E-state index contributed by atoms with van der Waals surface area (Å²) in [6.45, 7) is 2.36. The van der Waals surface area contributed by atoms with Gasteiger partial charge in [0.2, 0.25) is 11.7 Å². The number of hydrogen-bond acceptors (Lipinski definition) is 6. The van der Waals surface area contributed by atoms with Crippen molar-refractivity contribution >= 4 is 17.2 Å². The van der Waals surface area contributed by atoms with E-state index in [2.05, 4.69) is 30.9 Å². The highest BCUT2D eigenvalue weighted by Gasteiger charge is 2.10. The molecule has 3 heterocycles. The molecule has 0 aliphatic rings. The summed E-state index contributed by atoms with van der Waals surface area (Å²) in [5.74, 6) is 0.347. The van der Waals surface area contributed by atoms with Crippen LogP contribution in [0.3, 0.4) is 0 Å². The molecule has 0 bridgehead atoms. The van der Waals surface area contributed by atoms with Gasteiger partial charge in [0.05, 0.1) is 6.20 Å². The number of carbonyl (C=O) groups is 1. The number of nitrogens with one attached hydrogen (secondary N) is 2. The van der Waals surface area contributed by atoms with E-state index >= 15 is 0 Å². The molecule has 0 fully saturated rings. The number of H-pyrrole nitrogens is 1. The number of carbonyl (C=O) groups excluding carboxylic acids is 1. The highest BCUT2D eigenvalue weighted by molar-refractivity contribution is 7.08. The summed E-state index contributed by atoms with van der Waals surface area (Å²) in [5.41, 5.74) is 2.79. The molecule has 0 atom stereocenters. The maximum Gasteiger partial charge on any atom is 0.243 e. The first-order chi connectivity index (χ1) is 10.2. The van der Waals surface area contributed by atoms with Gasteiger partial charge >= 0.3 is 0 Å². The Kier molecular flexibility index (Phi) is 3.73. The van der Waals surface area contributed by atoms with Gasteiger partial charge in [-0.3, -0.25) is 9.89 Å². The topological polar surface area (TPSA) is 101 Å². The van der Waals surface area contributed by atoms with Crippen molar-refractivity contribution in [3.8, 4) is 11.4 Å². The molecule has 2 N–H and O–H groups in total. The number of tetrazole rings is 1. The molecule has 3 rings (SSSR count). The second kappa shape index (κ2) is 5.83. The number of hydrogen-bond donors (Lipinski definition) is 2. The number of aryl methyl sites for hydroxylation is 1. The quantitative estimate of drug-likeness (QED) is 0.724. The van der Waals surface area contributed by atoms with Crippen LogP contribution in [0.15, 0.2) is 23.0 Å². The molecule has 0 aliphatic heterocycles. The second-order valence-electron chi connectivity index (χ2n) is 4.45. The molecule has 3 aromatic rings. The number of nitrogens with zero attached hydrogens (tertiary/aromatic N) is 5. The van der Waals surface area contributed by atoms with Gasteiger partial charge in [-0.15, -0.1) is 10.2 Å². The second-order valence-corrected chi connectivity index (χ2v) is 5.23. The maximum absolute atomic E-state index is 11.8. The molecular weight excluding hydrogens is 290 g/mol. The normalized spacial score (nSPS) is 10.7. The molecule has 8 nitrogen and oxygen atoms in total. The summed E-state index contributed by atoms with van der Waals surface area (Å²) in [5, 5.41) is 25.4. The third kappa shape index (κ3) is 3.14. The van der Waals surface area contributed by atoms with E-state index in [9.17, 15) is 4.79 Å². The van der Waals surface area contributed by atoms with Crippen LogP contribution in [0.5, 0.6) is 0 Å². The fraction of sp³-hybridized carbons (Fsp3) is 0.250. The molecule has 0 saturated carbocycles. The number of amides is 1. The lowest BCUT2D eigenvalue weighted by Gasteiger charge is -2.03. The zero-order valence-corrected chi connectivity index (χ0v) is 12.1. The fourth-order valence-corrected chi connectivity index (χ4v) is 2.38. The summed E-state index contributed by atoms with van der Waals surface area (Å²) in [6, 6.07) is 1.91. The van der Waals surface area contributed by atoms with Gasteiger partial charge in [-0.2, -0.15) is 21.2 Å². The van der Waals surface area contributed by atoms with E-state index in [0.29, 0.717) is 12.4 Å². The first kappa shape index (κ1) is 13.4. The first-order valence-corrected chi connectivity index (χ1v) is 7.22. The maximum atomic E-state index is 11.8. The Bertz CT molecular complexity index is 730. The summed E-state index contributed by atoms with van der Waals surface area (Å²) in [7, 11) is 0. The van der Waals surface area contributed by atoms with E-state index in [0.717, 1.165) is 16.8 Å². The third-order valence-corrected chi connectivity index (χ3v) is 3.61. The van der Waals surface area contributed by atoms with Crippen LogP contribution in [0, 0.1) is 6.92 Å². The van der Waals surface area contributed by atoms with Crippen molar-refractivity contribution in [1.82, 2.24) is 35.7 Å². The minimum absolute atomic E-state index is 0.0358. The monoisotopic (exact) mass is 303 g/mol. The van der Waals surface area contributed by atoms with Crippen molar-refractivity contribution < 1.29 is 4.79 Å². The van der Waals surface area contributed by atoms with Crippen molar-refractivity contribution in [3.63, 3.8) is 0 Å². The van der Waals surface area contributed by atoms with Gasteiger partial charge in [0.25, 0.3) is 0 Å². The molecule has 9 heteroatoms. The third-order valence-electron chi connectivity index (χ3n) is 2.93. The summed E-state index contributed by atoms with van der Waals surface area (Å²) >= 11 is 1.56. The smallest absolute Gasteiger partial charge is 0.243 e. The minimum atomic E-state index is -0.176. The van der Waals surface area contributed by atoms with Crippen LogP contribution in [0.4, 0.5) is 0 Å². The lowest BCUT2D eigenvalue weighted by molar-refractivity contribution is -0.122. The molecule has 0 saturated heterocycles. The summed E-state index contributed by atoms with van der Waals surface area (Å²) in [4.78, 5) is 13.1. The lowest BCUT2D eigenvalue weighted by Crippen LogP contribution is -2.28. The zero-order chi connectivity index (χ0) is 14.7. The Balaban J connectivity index is 1.57. The van der Waals surface area contributed by atoms with Crippen LogP contribution < -0.4 is 5.32 Å². The largest absolute Gasteiger partial charge is 0.350 e. The number of aromatic amines is 1. The van der Waals surface area contributed by atoms with Crippen LogP contribution >= 0.6 is 11.3 Å². The molecule has 1 amide bonds. The fourth-order valence-electron chi connectivity index (χ4n) is 1.75. The van der Waals surface area contributed by atoms with Crippen LogP contribution in [0.2, 0.25) is 0 Å². The Morgan fingerprint density at radius 3 is 3.14 bits per heavy atom. The average Bonchev–Trinajstić information content (AvgIpc) is 3.17. The first-order valence-electron chi connectivity index (χ1n) is 6.28. The standard InChI is InChI=1S/C12H13N7OS/c1-8-10(5-14-15-8)4-13-11(20)6-19-17-12(16-18-19)9-2-3-21-7-9/h2-3,5,7H,4,6H2,1H3,(H,13,20)(H,14,15). The van der Waals surface area contributed by atoms with Gasteiger partial charge < -0.3 is 5.32 Å². The molecular formula is C12H13N7OS. The van der Waals surface area contributed by atoms with Crippen molar-refractivity contribution in [2.45, 2.75) is 20.0 Å². The Morgan fingerprint density at radius 2 is 2.43 bits per heavy atom.